The summed E-state index contributed by atoms with van der Waals surface area (Å²) in [6, 6.07) is 3.94. The van der Waals surface area contributed by atoms with Crippen LogP contribution in [0.15, 0.2) is 24.8 Å². The third kappa shape index (κ3) is 3.48. The lowest BCUT2D eigenvalue weighted by Gasteiger charge is -2.37. The molecular formula is C17H24N6O2. The Kier molecular flexibility index (Phi) is 4.71. The molecule has 0 aliphatic carbocycles. The van der Waals surface area contributed by atoms with Crippen LogP contribution < -0.4 is 5.32 Å². The molecule has 2 aromatic rings. The highest BCUT2D eigenvalue weighted by Crippen LogP contribution is 2.26. The van der Waals surface area contributed by atoms with Crippen LogP contribution in [0.25, 0.3) is 0 Å². The van der Waals surface area contributed by atoms with Gasteiger partial charge in [-0.25, -0.2) is 9.67 Å². The number of hydrogen-bond donors (Lipinski definition) is 1. The summed E-state index contributed by atoms with van der Waals surface area (Å²) in [4.78, 5) is 23.4. The summed E-state index contributed by atoms with van der Waals surface area (Å²) in [7, 11) is 1.87. The molecule has 1 N–H and O–H groups in total. The van der Waals surface area contributed by atoms with Crippen molar-refractivity contribution in [2.45, 2.75) is 32.4 Å². The molecule has 8 nitrogen and oxygen atoms in total. The molecule has 1 amide bonds. The Morgan fingerprint density at radius 1 is 1.40 bits per heavy atom. The lowest BCUT2D eigenvalue weighted by molar-refractivity contribution is -0.147. The van der Waals surface area contributed by atoms with Crippen molar-refractivity contribution in [3.8, 4) is 0 Å². The van der Waals surface area contributed by atoms with Gasteiger partial charge in [0.2, 0.25) is 5.91 Å². The van der Waals surface area contributed by atoms with Gasteiger partial charge in [0.15, 0.2) is 0 Å². The number of anilines is 1. The van der Waals surface area contributed by atoms with E-state index in [0.717, 1.165) is 17.1 Å². The van der Waals surface area contributed by atoms with Crippen LogP contribution in [0, 0.1) is 6.92 Å². The van der Waals surface area contributed by atoms with E-state index in [2.05, 4.69) is 20.4 Å². The fraction of sp³-hybridized carbons (Fsp3) is 0.529. The number of morpholine rings is 1. The van der Waals surface area contributed by atoms with Gasteiger partial charge in [-0.3, -0.25) is 9.78 Å². The number of nitrogens with one attached hydrogen (secondary N) is 1. The molecule has 1 saturated heterocycles. The van der Waals surface area contributed by atoms with E-state index < -0.39 is 5.54 Å². The maximum absolute atomic E-state index is 13.0. The van der Waals surface area contributed by atoms with E-state index in [1.165, 1.54) is 6.33 Å². The smallest absolute Gasteiger partial charge is 0.250 e. The second-order valence-corrected chi connectivity index (χ2v) is 6.68. The van der Waals surface area contributed by atoms with E-state index in [4.69, 9.17) is 4.74 Å². The summed E-state index contributed by atoms with van der Waals surface area (Å²) in [6.07, 6.45) is 2.76. The van der Waals surface area contributed by atoms with E-state index in [9.17, 15) is 4.79 Å². The summed E-state index contributed by atoms with van der Waals surface area (Å²) < 4.78 is 7.47. The number of pyridine rings is 1. The van der Waals surface area contributed by atoms with E-state index in [1.807, 2.05) is 44.9 Å². The van der Waals surface area contributed by atoms with Gasteiger partial charge in [0.1, 0.15) is 24.3 Å². The highest BCUT2D eigenvalue weighted by Gasteiger charge is 2.37. The van der Waals surface area contributed by atoms with Crippen molar-refractivity contribution in [2.24, 2.45) is 0 Å². The molecule has 25 heavy (non-hydrogen) atoms. The van der Waals surface area contributed by atoms with Gasteiger partial charge in [-0.05, 0) is 32.9 Å². The Morgan fingerprint density at radius 3 is 2.88 bits per heavy atom. The largest absolute Gasteiger partial charge is 0.388 e. The van der Waals surface area contributed by atoms with Gasteiger partial charge in [0, 0.05) is 25.0 Å². The van der Waals surface area contributed by atoms with Crippen molar-refractivity contribution < 1.29 is 9.53 Å². The molecule has 2 aromatic heterocycles. The first kappa shape index (κ1) is 17.3. The Morgan fingerprint density at radius 2 is 2.20 bits per heavy atom. The number of aromatic nitrogens is 4. The molecule has 3 heterocycles. The summed E-state index contributed by atoms with van der Waals surface area (Å²) in [5.41, 5.74) is 1.93. The summed E-state index contributed by atoms with van der Waals surface area (Å²) in [5, 5.41) is 7.25. The summed E-state index contributed by atoms with van der Waals surface area (Å²) in [5.74, 6) is -0.00667. The molecule has 1 aliphatic heterocycles. The van der Waals surface area contributed by atoms with Crippen molar-refractivity contribution in [2.75, 3.05) is 32.1 Å². The molecule has 1 atom stereocenters. The van der Waals surface area contributed by atoms with Crippen molar-refractivity contribution in [3.05, 3.63) is 36.2 Å². The molecule has 0 unspecified atom stereocenters. The van der Waals surface area contributed by atoms with Gasteiger partial charge in [-0.1, -0.05) is 0 Å². The molecule has 3 rings (SSSR count). The van der Waals surface area contributed by atoms with Crippen molar-refractivity contribution in [1.29, 1.82) is 0 Å². The van der Waals surface area contributed by atoms with Gasteiger partial charge in [-0.2, -0.15) is 5.10 Å². The van der Waals surface area contributed by atoms with Crippen LogP contribution in [-0.2, 0) is 15.1 Å². The number of hydrogen-bond acceptors (Lipinski definition) is 6. The molecule has 8 heteroatoms. The first-order valence-corrected chi connectivity index (χ1v) is 8.34. The Balaban J connectivity index is 1.79. The van der Waals surface area contributed by atoms with Crippen molar-refractivity contribution in [1.82, 2.24) is 24.6 Å². The van der Waals surface area contributed by atoms with Gasteiger partial charge in [0.05, 0.1) is 18.8 Å². The molecule has 0 spiro atoms. The maximum atomic E-state index is 13.0. The number of nitrogens with zero attached hydrogens (tertiary/aromatic N) is 5. The quantitative estimate of drug-likeness (QED) is 0.901. The lowest BCUT2D eigenvalue weighted by Crippen LogP contribution is -2.51. The number of carbonyl (C=O) groups is 1. The number of rotatable bonds is 4. The molecule has 0 aromatic carbocycles. The molecule has 1 aliphatic rings. The van der Waals surface area contributed by atoms with Gasteiger partial charge in [0.25, 0.3) is 0 Å². The van der Waals surface area contributed by atoms with Gasteiger partial charge < -0.3 is 15.0 Å². The van der Waals surface area contributed by atoms with Gasteiger partial charge in [-0.15, -0.1) is 0 Å². The minimum absolute atomic E-state index is 0.00667. The zero-order chi connectivity index (χ0) is 18.0. The fourth-order valence-electron chi connectivity index (χ4n) is 3.00. The van der Waals surface area contributed by atoms with Crippen LogP contribution in [0.5, 0.6) is 0 Å². The van der Waals surface area contributed by atoms with Gasteiger partial charge >= 0.3 is 0 Å². The zero-order valence-corrected chi connectivity index (χ0v) is 15.1. The molecular weight excluding hydrogens is 320 g/mol. The summed E-state index contributed by atoms with van der Waals surface area (Å²) >= 11 is 0. The van der Waals surface area contributed by atoms with E-state index in [1.54, 1.807) is 11.0 Å². The Bertz CT molecular complexity index is 744. The first-order valence-electron chi connectivity index (χ1n) is 8.34. The van der Waals surface area contributed by atoms with Crippen LogP contribution >= 0.6 is 0 Å². The first-order chi connectivity index (χ1) is 11.9. The van der Waals surface area contributed by atoms with E-state index in [0.29, 0.717) is 19.7 Å². The minimum atomic E-state index is -0.797. The normalized spacial score (nSPS) is 18.2. The number of amides is 1. The highest BCUT2D eigenvalue weighted by molar-refractivity contribution is 5.83. The third-order valence-corrected chi connectivity index (χ3v) is 4.46. The van der Waals surface area contributed by atoms with Crippen molar-refractivity contribution >= 4 is 11.6 Å². The van der Waals surface area contributed by atoms with Crippen LogP contribution in [0.3, 0.4) is 0 Å². The van der Waals surface area contributed by atoms with Crippen LogP contribution in [0.2, 0.25) is 0 Å². The standard InChI is InChI=1S/C17H24N6O2/c1-12-7-13(18-4)8-14(21-12)15-9-22(5-6-25-15)16(24)17(2,3)23-11-19-10-20-23/h7-8,10-11,15H,5-6,9H2,1-4H3,(H,18,21)/t15-/m1/s1. The van der Waals surface area contributed by atoms with E-state index in [-0.39, 0.29) is 12.0 Å². The second kappa shape index (κ2) is 6.79. The fourth-order valence-corrected chi connectivity index (χ4v) is 3.00. The average Bonchev–Trinajstić information content (AvgIpc) is 3.16. The van der Waals surface area contributed by atoms with Crippen LogP contribution in [0.4, 0.5) is 5.69 Å². The number of aryl methyl sites for hydroxylation is 1. The lowest BCUT2D eigenvalue weighted by atomic mass is 10.0. The second-order valence-electron chi connectivity index (χ2n) is 6.68. The number of carbonyl (C=O) groups excluding carboxylic acids is 1. The predicted molar refractivity (Wildman–Crippen MR) is 93.1 cm³/mol. The highest BCUT2D eigenvalue weighted by atomic mass is 16.5. The zero-order valence-electron chi connectivity index (χ0n) is 15.1. The SMILES string of the molecule is CNc1cc(C)nc([C@H]2CN(C(=O)C(C)(C)n3cncn3)CCO2)c1. The third-order valence-electron chi connectivity index (χ3n) is 4.46. The maximum Gasteiger partial charge on any atom is 0.250 e. The average molecular weight is 344 g/mol. The monoisotopic (exact) mass is 344 g/mol. The molecule has 0 radical (unpaired) electrons. The van der Waals surface area contributed by atoms with E-state index >= 15 is 0 Å². The number of ether oxygens (including phenoxy) is 1. The van der Waals surface area contributed by atoms with Crippen LogP contribution in [0.1, 0.15) is 31.3 Å². The van der Waals surface area contributed by atoms with Crippen LogP contribution in [-0.4, -0.2) is 57.3 Å². The Hall–Kier alpha value is -2.48. The molecule has 0 bridgehead atoms. The van der Waals surface area contributed by atoms with Crippen molar-refractivity contribution in [3.63, 3.8) is 0 Å². The molecule has 134 valence electrons. The minimum Gasteiger partial charge on any atom is -0.388 e. The summed E-state index contributed by atoms with van der Waals surface area (Å²) in [6.45, 7) is 7.14. The predicted octanol–water partition coefficient (Wildman–Crippen LogP) is 1.36. The topological polar surface area (TPSA) is 85.2 Å². The molecule has 0 saturated carbocycles. The molecule has 1 fully saturated rings. The Labute approximate surface area is 147 Å².